The van der Waals surface area contributed by atoms with Crippen molar-refractivity contribution in [3.8, 4) is 0 Å². The Bertz CT molecular complexity index is 1370. The standard InChI is InChI=1S/C24H28ClN5O4S/c25-23-22(27-14-17-3-2-12-34-16-17)15-28-30(24(23)31)19-7-10-29(11-8-19)35(32,33)20-6-5-18-4-1-9-26-21(18)13-20/h1,4-6,9,13,15,17,19,27H,2-3,7-8,10-12,14,16H2/t17-/m1/s1. The van der Waals surface area contributed by atoms with Crippen molar-refractivity contribution in [3.05, 3.63) is 58.1 Å². The normalized spacial score (nSPS) is 20.2. The van der Waals surface area contributed by atoms with Crippen molar-refractivity contribution in [2.75, 3.05) is 38.2 Å². The predicted octanol–water partition coefficient (Wildman–Crippen LogP) is 3.31. The van der Waals surface area contributed by atoms with Crippen LogP contribution in [-0.2, 0) is 14.8 Å². The molecule has 2 aliphatic rings. The second-order valence-corrected chi connectivity index (χ2v) is 11.4. The summed E-state index contributed by atoms with van der Waals surface area (Å²) in [5.74, 6) is 0.381. The minimum absolute atomic E-state index is 0.107. The number of hydrogen-bond acceptors (Lipinski definition) is 7. The number of aromatic nitrogens is 3. The molecule has 3 aromatic rings. The van der Waals surface area contributed by atoms with Gasteiger partial charge in [-0.05, 0) is 49.8 Å². The molecule has 0 bridgehead atoms. The van der Waals surface area contributed by atoms with E-state index in [2.05, 4.69) is 15.4 Å². The first-order valence-electron chi connectivity index (χ1n) is 11.9. The molecule has 2 aromatic heterocycles. The molecule has 5 rings (SSSR count). The van der Waals surface area contributed by atoms with E-state index in [1.165, 1.54) is 8.99 Å². The van der Waals surface area contributed by atoms with E-state index in [1.807, 2.05) is 12.1 Å². The Morgan fingerprint density at radius 3 is 2.77 bits per heavy atom. The number of rotatable bonds is 6. The van der Waals surface area contributed by atoms with E-state index in [9.17, 15) is 13.2 Å². The molecular weight excluding hydrogens is 490 g/mol. The van der Waals surface area contributed by atoms with Crippen LogP contribution in [0.1, 0.15) is 31.7 Å². The highest BCUT2D eigenvalue weighted by Crippen LogP contribution is 2.28. The van der Waals surface area contributed by atoms with Crippen molar-refractivity contribution in [1.82, 2.24) is 19.1 Å². The largest absolute Gasteiger partial charge is 0.382 e. The van der Waals surface area contributed by atoms with E-state index in [-0.39, 0.29) is 21.5 Å². The highest BCUT2D eigenvalue weighted by Gasteiger charge is 2.31. The minimum atomic E-state index is -3.66. The van der Waals surface area contributed by atoms with Gasteiger partial charge in [-0.15, -0.1) is 0 Å². The molecule has 11 heteroatoms. The van der Waals surface area contributed by atoms with Crippen molar-refractivity contribution in [1.29, 1.82) is 0 Å². The van der Waals surface area contributed by atoms with Crippen LogP contribution in [0, 0.1) is 5.92 Å². The van der Waals surface area contributed by atoms with Crippen LogP contribution in [0.2, 0.25) is 5.02 Å². The van der Waals surface area contributed by atoms with Gasteiger partial charge < -0.3 is 10.1 Å². The molecule has 0 spiro atoms. The average molecular weight is 518 g/mol. The van der Waals surface area contributed by atoms with Crippen LogP contribution in [0.15, 0.2) is 52.4 Å². The van der Waals surface area contributed by atoms with Gasteiger partial charge in [-0.25, -0.2) is 13.1 Å². The maximum Gasteiger partial charge on any atom is 0.287 e. The van der Waals surface area contributed by atoms with Crippen LogP contribution in [0.3, 0.4) is 0 Å². The molecule has 2 saturated heterocycles. The maximum absolute atomic E-state index is 13.2. The Balaban J connectivity index is 1.25. The number of hydrogen-bond donors (Lipinski definition) is 1. The topological polar surface area (TPSA) is 106 Å². The Morgan fingerprint density at radius 2 is 2.00 bits per heavy atom. The maximum atomic E-state index is 13.2. The lowest BCUT2D eigenvalue weighted by atomic mass is 10.0. The summed E-state index contributed by atoms with van der Waals surface area (Å²) >= 11 is 6.39. The number of halogens is 1. The lowest BCUT2D eigenvalue weighted by Crippen LogP contribution is -2.41. The van der Waals surface area contributed by atoms with Crippen LogP contribution < -0.4 is 10.9 Å². The first-order valence-corrected chi connectivity index (χ1v) is 13.7. The fraction of sp³-hybridized carbons (Fsp3) is 0.458. The number of pyridine rings is 1. The van der Waals surface area contributed by atoms with Crippen molar-refractivity contribution in [2.24, 2.45) is 5.92 Å². The molecule has 0 amide bonds. The van der Waals surface area contributed by atoms with Gasteiger partial charge in [-0.3, -0.25) is 9.78 Å². The summed E-state index contributed by atoms with van der Waals surface area (Å²) in [4.78, 5) is 17.4. The molecule has 1 aromatic carbocycles. The van der Waals surface area contributed by atoms with Crippen LogP contribution in [0.25, 0.3) is 10.9 Å². The molecule has 1 atom stereocenters. The third kappa shape index (κ3) is 5.06. The Hall–Kier alpha value is -2.53. The lowest BCUT2D eigenvalue weighted by Gasteiger charge is -2.31. The highest BCUT2D eigenvalue weighted by atomic mass is 35.5. The highest BCUT2D eigenvalue weighted by molar-refractivity contribution is 7.89. The first-order chi connectivity index (χ1) is 16.9. The van der Waals surface area contributed by atoms with E-state index >= 15 is 0 Å². The zero-order valence-electron chi connectivity index (χ0n) is 19.3. The number of ether oxygens (including phenoxy) is 1. The van der Waals surface area contributed by atoms with Crippen LogP contribution in [-0.4, -0.2) is 60.3 Å². The summed E-state index contributed by atoms with van der Waals surface area (Å²) in [6.45, 7) is 2.76. The Labute approximate surface area is 209 Å². The Morgan fingerprint density at radius 1 is 1.17 bits per heavy atom. The summed E-state index contributed by atoms with van der Waals surface area (Å²) in [5.41, 5.74) is 0.792. The number of fused-ring (bicyclic) bond motifs is 1. The minimum Gasteiger partial charge on any atom is -0.382 e. The van der Waals surface area contributed by atoms with Gasteiger partial charge >= 0.3 is 0 Å². The summed E-state index contributed by atoms with van der Waals surface area (Å²) in [6.07, 6.45) is 6.28. The molecular formula is C24H28ClN5O4S. The second kappa shape index (κ2) is 10.2. The Kier molecular flexibility index (Phi) is 7.06. The zero-order valence-corrected chi connectivity index (χ0v) is 20.8. The van der Waals surface area contributed by atoms with Crippen LogP contribution in [0.5, 0.6) is 0 Å². The summed E-state index contributed by atoms with van der Waals surface area (Å²) in [7, 11) is -3.66. The number of nitrogens with zero attached hydrogens (tertiary/aromatic N) is 4. The number of sulfonamides is 1. The summed E-state index contributed by atoms with van der Waals surface area (Å²) in [6, 6.07) is 8.48. The van der Waals surface area contributed by atoms with Gasteiger partial charge in [0.05, 0.1) is 34.9 Å². The van der Waals surface area contributed by atoms with E-state index in [1.54, 1.807) is 30.6 Å². The first kappa shape index (κ1) is 24.2. The van der Waals surface area contributed by atoms with Crippen molar-refractivity contribution < 1.29 is 13.2 Å². The second-order valence-electron chi connectivity index (χ2n) is 9.08. The van der Waals surface area contributed by atoms with Gasteiger partial charge in [0.1, 0.15) is 5.02 Å². The summed E-state index contributed by atoms with van der Waals surface area (Å²) < 4.78 is 34.8. The quantitative estimate of drug-likeness (QED) is 0.534. The molecule has 2 fully saturated rings. The molecule has 1 N–H and O–H groups in total. The van der Waals surface area contributed by atoms with Crippen LogP contribution >= 0.6 is 11.6 Å². The lowest BCUT2D eigenvalue weighted by molar-refractivity contribution is 0.0595. The molecule has 0 aliphatic carbocycles. The molecule has 0 unspecified atom stereocenters. The molecule has 0 saturated carbocycles. The van der Waals surface area contributed by atoms with Crippen LogP contribution in [0.4, 0.5) is 5.69 Å². The van der Waals surface area contributed by atoms with E-state index in [0.29, 0.717) is 56.2 Å². The van der Waals surface area contributed by atoms with Gasteiger partial charge in [0, 0.05) is 37.8 Å². The van der Waals surface area contributed by atoms with E-state index in [4.69, 9.17) is 16.3 Å². The number of piperidine rings is 1. The number of benzene rings is 1. The predicted molar refractivity (Wildman–Crippen MR) is 134 cm³/mol. The number of nitrogens with one attached hydrogen (secondary N) is 1. The zero-order chi connectivity index (χ0) is 24.4. The van der Waals surface area contributed by atoms with Gasteiger partial charge in [-0.1, -0.05) is 23.7 Å². The van der Waals surface area contributed by atoms with Crippen molar-refractivity contribution >= 4 is 38.2 Å². The third-order valence-corrected chi connectivity index (χ3v) is 9.02. The molecule has 2 aliphatic heterocycles. The molecule has 9 nitrogen and oxygen atoms in total. The fourth-order valence-electron chi connectivity index (χ4n) is 4.73. The molecule has 186 valence electrons. The van der Waals surface area contributed by atoms with Gasteiger partial charge in [0.15, 0.2) is 0 Å². The van der Waals surface area contributed by atoms with E-state index < -0.39 is 10.0 Å². The SMILES string of the molecule is O=c1c(Cl)c(NC[C@H]2CCCOC2)cnn1C1CCN(S(=O)(=O)c2ccc3cccnc3c2)CC1. The van der Waals surface area contributed by atoms with Gasteiger partial charge in [-0.2, -0.15) is 9.40 Å². The third-order valence-electron chi connectivity index (χ3n) is 6.76. The smallest absolute Gasteiger partial charge is 0.287 e. The monoisotopic (exact) mass is 517 g/mol. The molecule has 35 heavy (non-hydrogen) atoms. The van der Waals surface area contributed by atoms with Gasteiger partial charge in [0.2, 0.25) is 10.0 Å². The fourth-order valence-corrected chi connectivity index (χ4v) is 6.43. The van der Waals surface area contributed by atoms with Gasteiger partial charge in [0.25, 0.3) is 5.56 Å². The van der Waals surface area contributed by atoms with E-state index in [0.717, 1.165) is 24.8 Å². The van der Waals surface area contributed by atoms with Crippen molar-refractivity contribution in [3.63, 3.8) is 0 Å². The molecule has 4 heterocycles. The average Bonchev–Trinajstić information content (AvgIpc) is 2.90. The van der Waals surface area contributed by atoms with Crippen molar-refractivity contribution in [2.45, 2.75) is 36.6 Å². The molecule has 0 radical (unpaired) electrons. The summed E-state index contributed by atoms with van der Waals surface area (Å²) in [5, 5.41) is 8.58. The number of anilines is 1.